The summed E-state index contributed by atoms with van der Waals surface area (Å²) in [5, 5.41) is 2.47. The molecule has 0 saturated carbocycles. The smallest absolute Gasteiger partial charge is 0.303 e. The van der Waals surface area contributed by atoms with Gasteiger partial charge in [-0.15, -0.1) is 0 Å². The zero-order valence-electron chi connectivity index (χ0n) is 14.0. The Morgan fingerprint density at radius 1 is 1.17 bits per heavy atom. The second kappa shape index (κ2) is 7.76. The largest absolute Gasteiger partial charge is 0.456 e. The van der Waals surface area contributed by atoms with Crippen molar-refractivity contribution in [2.75, 3.05) is 6.61 Å². The summed E-state index contributed by atoms with van der Waals surface area (Å²) in [6, 6.07) is 6.96. The van der Waals surface area contributed by atoms with Gasteiger partial charge >= 0.3 is 5.97 Å². The molecule has 0 bridgehead atoms. The summed E-state index contributed by atoms with van der Waals surface area (Å²) in [6.45, 7) is 7.12. The van der Waals surface area contributed by atoms with E-state index in [9.17, 15) is 14.4 Å². The predicted octanol–water partition coefficient (Wildman–Crippen LogP) is 1.06. The van der Waals surface area contributed by atoms with Crippen molar-refractivity contribution in [3.8, 4) is 0 Å². The number of carbonyl (C=O) groups is 3. The fourth-order valence-corrected chi connectivity index (χ4v) is 2.00. The van der Waals surface area contributed by atoms with E-state index in [1.54, 1.807) is 0 Å². The van der Waals surface area contributed by atoms with E-state index in [-0.39, 0.29) is 11.8 Å². The highest BCUT2D eigenvalue weighted by molar-refractivity contribution is 5.88. The molecule has 0 aliphatic rings. The van der Waals surface area contributed by atoms with Crippen LogP contribution in [0.1, 0.15) is 38.8 Å². The molecule has 126 valence electrons. The summed E-state index contributed by atoms with van der Waals surface area (Å²) >= 11 is 0. The number of hydrogen-bond acceptors (Lipinski definition) is 4. The maximum atomic E-state index is 11.6. The number of esters is 1. The van der Waals surface area contributed by atoms with Gasteiger partial charge < -0.3 is 15.8 Å². The van der Waals surface area contributed by atoms with Crippen LogP contribution in [-0.2, 0) is 31.0 Å². The van der Waals surface area contributed by atoms with Gasteiger partial charge in [-0.3, -0.25) is 14.4 Å². The molecule has 0 saturated heterocycles. The standard InChI is InChI=1S/C17H24N2O4/c1-11(20)23-10-15(21)19-14(16(18)22)9-12-5-7-13(8-6-12)17(2,3)4/h5-8,14H,9-10H2,1-4H3,(H2,18,22)(H,19,21)/t14-/m0/s1. The fourth-order valence-electron chi connectivity index (χ4n) is 2.00. The van der Waals surface area contributed by atoms with Crippen molar-refractivity contribution < 1.29 is 19.1 Å². The van der Waals surface area contributed by atoms with Crippen LogP contribution in [0.5, 0.6) is 0 Å². The van der Waals surface area contributed by atoms with Crippen molar-refractivity contribution in [2.45, 2.75) is 45.6 Å². The van der Waals surface area contributed by atoms with E-state index in [1.165, 1.54) is 12.5 Å². The lowest BCUT2D eigenvalue weighted by molar-refractivity contribution is -0.146. The molecule has 1 atom stereocenters. The molecule has 0 unspecified atom stereocenters. The first-order valence-electron chi connectivity index (χ1n) is 7.41. The predicted molar refractivity (Wildman–Crippen MR) is 86.6 cm³/mol. The van der Waals surface area contributed by atoms with Crippen molar-refractivity contribution in [1.82, 2.24) is 5.32 Å². The van der Waals surface area contributed by atoms with Crippen LogP contribution < -0.4 is 11.1 Å². The Hall–Kier alpha value is -2.37. The van der Waals surface area contributed by atoms with Crippen molar-refractivity contribution in [1.29, 1.82) is 0 Å². The van der Waals surface area contributed by atoms with Gasteiger partial charge in [-0.1, -0.05) is 45.0 Å². The number of rotatable bonds is 6. The van der Waals surface area contributed by atoms with Crippen LogP contribution >= 0.6 is 0 Å². The molecule has 0 aliphatic heterocycles. The van der Waals surface area contributed by atoms with Gasteiger partial charge in [-0.25, -0.2) is 0 Å². The van der Waals surface area contributed by atoms with E-state index in [2.05, 4.69) is 30.8 Å². The normalized spacial score (nSPS) is 12.3. The van der Waals surface area contributed by atoms with Crippen molar-refractivity contribution in [2.24, 2.45) is 5.73 Å². The summed E-state index contributed by atoms with van der Waals surface area (Å²) in [7, 11) is 0. The van der Waals surface area contributed by atoms with E-state index in [0.717, 1.165) is 5.56 Å². The minimum atomic E-state index is -0.849. The first kappa shape index (κ1) is 18.7. The van der Waals surface area contributed by atoms with Gasteiger partial charge in [0.1, 0.15) is 6.04 Å². The number of benzene rings is 1. The topological polar surface area (TPSA) is 98.5 Å². The molecule has 23 heavy (non-hydrogen) atoms. The van der Waals surface area contributed by atoms with Crippen LogP contribution in [0.4, 0.5) is 0 Å². The quantitative estimate of drug-likeness (QED) is 0.766. The second-order valence-corrected chi connectivity index (χ2v) is 6.45. The summed E-state index contributed by atoms with van der Waals surface area (Å²) in [5.74, 6) is -1.76. The Morgan fingerprint density at radius 2 is 1.74 bits per heavy atom. The maximum Gasteiger partial charge on any atom is 0.303 e. The number of primary amides is 1. The Labute approximate surface area is 136 Å². The van der Waals surface area contributed by atoms with Gasteiger partial charge in [0.2, 0.25) is 5.91 Å². The molecule has 0 aromatic heterocycles. The zero-order valence-corrected chi connectivity index (χ0v) is 14.0. The lowest BCUT2D eigenvalue weighted by Gasteiger charge is -2.20. The Bertz CT molecular complexity index is 573. The van der Waals surface area contributed by atoms with Crippen LogP contribution in [0.3, 0.4) is 0 Å². The highest BCUT2D eigenvalue weighted by Crippen LogP contribution is 2.22. The number of hydrogen-bond donors (Lipinski definition) is 2. The lowest BCUT2D eigenvalue weighted by Crippen LogP contribution is -2.47. The third kappa shape index (κ3) is 6.50. The highest BCUT2D eigenvalue weighted by Gasteiger charge is 2.20. The van der Waals surface area contributed by atoms with E-state index in [4.69, 9.17) is 5.73 Å². The number of amides is 2. The van der Waals surface area contributed by atoms with Crippen LogP contribution in [0.15, 0.2) is 24.3 Å². The molecule has 0 aliphatic carbocycles. The highest BCUT2D eigenvalue weighted by atomic mass is 16.5. The molecule has 6 heteroatoms. The minimum Gasteiger partial charge on any atom is -0.456 e. The Kier molecular flexibility index (Phi) is 6.30. The molecule has 0 heterocycles. The fraction of sp³-hybridized carbons (Fsp3) is 0.471. The summed E-state index contributed by atoms with van der Waals surface area (Å²) in [6.07, 6.45) is 0.283. The zero-order chi connectivity index (χ0) is 17.6. The third-order valence-electron chi connectivity index (χ3n) is 3.34. The van der Waals surface area contributed by atoms with Crippen molar-refractivity contribution in [3.05, 3.63) is 35.4 Å². The van der Waals surface area contributed by atoms with Crippen molar-refractivity contribution >= 4 is 17.8 Å². The lowest BCUT2D eigenvalue weighted by atomic mass is 9.86. The Morgan fingerprint density at radius 3 is 2.17 bits per heavy atom. The summed E-state index contributed by atoms with van der Waals surface area (Å²) in [4.78, 5) is 33.8. The molecular weight excluding hydrogens is 296 g/mol. The summed E-state index contributed by atoms with van der Waals surface area (Å²) in [5.41, 5.74) is 7.43. The first-order valence-corrected chi connectivity index (χ1v) is 7.41. The maximum absolute atomic E-state index is 11.6. The number of ether oxygens (including phenoxy) is 1. The molecule has 0 fully saturated rings. The van der Waals surface area contributed by atoms with Crippen molar-refractivity contribution in [3.63, 3.8) is 0 Å². The molecule has 2 amide bonds. The Balaban J connectivity index is 2.71. The molecule has 6 nitrogen and oxygen atoms in total. The van der Waals surface area contributed by atoms with Crippen LogP contribution in [0.25, 0.3) is 0 Å². The number of nitrogens with two attached hydrogens (primary N) is 1. The molecule has 1 aromatic rings. The molecule has 1 aromatic carbocycles. The van der Waals surface area contributed by atoms with E-state index in [1.807, 2.05) is 24.3 Å². The number of carbonyl (C=O) groups excluding carboxylic acids is 3. The van der Waals surface area contributed by atoms with Gasteiger partial charge in [-0.2, -0.15) is 0 Å². The first-order chi connectivity index (χ1) is 10.6. The monoisotopic (exact) mass is 320 g/mol. The summed E-state index contributed by atoms with van der Waals surface area (Å²) < 4.78 is 4.58. The molecule has 0 radical (unpaired) electrons. The molecule has 3 N–H and O–H groups in total. The van der Waals surface area contributed by atoms with Gasteiger partial charge in [0, 0.05) is 13.3 Å². The molecule has 0 spiro atoms. The van der Waals surface area contributed by atoms with Gasteiger partial charge in [0.25, 0.3) is 5.91 Å². The van der Waals surface area contributed by atoms with E-state index >= 15 is 0 Å². The second-order valence-electron chi connectivity index (χ2n) is 6.45. The van der Waals surface area contributed by atoms with E-state index < -0.39 is 30.4 Å². The van der Waals surface area contributed by atoms with Crippen LogP contribution in [0, 0.1) is 0 Å². The van der Waals surface area contributed by atoms with Crippen LogP contribution in [-0.4, -0.2) is 30.4 Å². The average Bonchev–Trinajstić information content (AvgIpc) is 2.44. The van der Waals surface area contributed by atoms with E-state index in [0.29, 0.717) is 0 Å². The van der Waals surface area contributed by atoms with Gasteiger partial charge in [-0.05, 0) is 16.5 Å². The molecular formula is C17H24N2O4. The van der Waals surface area contributed by atoms with Gasteiger partial charge in [0.15, 0.2) is 6.61 Å². The third-order valence-corrected chi connectivity index (χ3v) is 3.34. The van der Waals surface area contributed by atoms with Gasteiger partial charge in [0.05, 0.1) is 0 Å². The average molecular weight is 320 g/mol. The number of nitrogens with one attached hydrogen (secondary N) is 1. The van der Waals surface area contributed by atoms with Crippen LogP contribution in [0.2, 0.25) is 0 Å². The SMILES string of the molecule is CC(=O)OCC(=O)N[C@@H](Cc1ccc(C(C)(C)C)cc1)C(N)=O. The minimum absolute atomic E-state index is 0.0415. The molecule has 1 rings (SSSR count).